The molecular weight excluding hydrogens is 1990 g/mol. The lowest BCUT2D eigenvalue weighted by atomic mass is 10.0. The van der Waals surface area contributed by atoms with Crippen molar-refractivity contribution < 1.29 is 59.8 Å². The molecule has 0 bridgehead atoms. The zero-order valence-electron chi connectivity index (χ0n) is 87.4. The van der Waals surface area contributed by atoms with Crippen LogP contribution in [0.2, 0.25) is 0 Å². The normalized spacial score (nSPS) is 13.6. The van der Waals surface area contributed by atoms with Crippen LogP contribution >= 0.6 is 11.6 Å². The summed E-state index contributed by atoms with van der Waals surface area (Å²) < 4.78 is 21.7. The lowest BCUT2D eigenvalue weighted by Gasteiger charge is -2.12. The van der Waals surface area contributed by atoms with Crippen molar-refractivity contribution in [3.05, 3.63) is 278 Å². The first-order valence-electron chi connectivity index (χ1n) is 50.2. The van der Waals surface area contributed by atoms with Crippen LogP contribution in [0.15, 0.2) is 306 Å². The monoisotopic (exact) mass is 2150 g/mol. The van der Waals surface area contributed by atoms with Gasteiger partial charge in [-0.2, -0.15) is 0 Å². The van der Waals surface area contributed by atoms with E-state index in [0.29, 0.717) is 99.5 Å². The van der Waals surface area contributed by atoms with E-state index in [4.69, 9.17) is 35.7 Å². The van der Waals surface area contributed by atoms with Gasteiger partial charge in [0.15, 0.2) is 55.9 Å². The van der Waals surface area contributed by atoms with Crippen LogP contribution in [-0.4, -0.2) is 199 Å². The van der Waals surface area contributed by atoms with Gasteiger partial charge in [-0.3, -0.25) is 0 Å². The number of phenolic OH excluding ortho intramolecular Hbond substituents is 8. The summed E-state index contributed by atoms with van der Waals surface area (Å²) in [6.07, 6.45) is 42.6. The molecule has 1 unspecified atom stereocenters. The minimum absolute atomic E-state index is 0.0568. The quantitative estimate of drug-likeness (QED) is 0.0151. The van der Waals surface area contributed by atoms with E-state index in [9.17, 15) is 35.7 Å². The van der Waals surface area contributed by atoms with Gasteiger partial charge in [0.2, 0.25) is 5.75 Å². The first-order valence-corrected chi connectivity index (χ1v) is 68.8. The SMILES string of the molecule is CCCC[S+](CCCC)CCOc1ccccc1.CCCCc1cc([S+]2CCCC2)cc(CCCC)c1O.COc1cc([S+]2CCCC2)cc(OC)c1O.C[S+](C)CCOc1ccccc1.C[S+](C)c1ccc(O)c2ccc(O)cc12.C[S+](C)c1ccc(O)c2cccc(O)c12.C[S+](C)c1ccc(O)c2ccccc12.C[S+](CCl)c1ccccc1.Oc1ccc([S+]2CCCC2)cc1.c1ccc([S+]2CCCC2)cc1. The Morgan fingerprint density at radius 3 is 1.11 bits per heavy atom. The summed E-state index contributed by atoms with van der Waals surface area (Å²) >= 11 is 5.70. The number of unbranched alkanes of at least 4 members (excludes halogenated alkanes) is 4. The molecule has 0 radical (unpaired) electrons. The Hall–Kier alpha value is -7.97. The van der Waals surface area contributed by atoms with Crippen LogP contribution in [0.3, 0.4) is 0 Å². The fraction of sp³-hybridized carbons (Fsp3) is 0.400. The molecule has 0 aliphatic carbocycles. The molecule has 17 rings (SSSR count). The largest absolute Gasteiger partial charge is 0.508 e. The molecule has 0 aromatic heterocycles. The Morgan fingerprint density at radius 2 is 0.678 bits per heavy atom. The zero-order valence-corrected chi connectivity index (χ0v) is 96.3. The minimum atomic E-state index is 0.0568. The van der Waals surface area contributed by atoms with Crippen molar-refractivity contribution in [1.29, 1.82) is 0 Å². The molecule has 143 heavy (non-hydrogen) atoms. The summed E-state index contributed by atoms with van der Waals surface area (Å²) in [4.78, 5) is 10.7. The molecule has 0 amide bonds. The van der Waals surface area contributed by atoms with Gasteiger partial charge in [-0.15, -0.1) is 0 Å². The molecule has 4 aliphatic heterocycles. The van der Waals surface area contributed by atoms with E-state index < -0.39 is 0 Å². The Morgan fingerprint density at radius 1 is 0.308 bits per heavy atom. The number of methoxy groups -OCH3 is 2. The van der Waals surface area contributed by atoms with Gasteiger partial charge >= 0.3 is 0 Å². The highest BCUT2D eigenvalue weighted by atomic mass is 35.5. The fourth-order valence-electron chi connectivity index (χ4n) is 16.2. The van der Waals surface area contributed by atoms with Crippen LogP contribution in [-0.2, 0) is 122 Å². The van der Waals surface area contributed by atoms with Crippen LogP contribution in [0.5, 0.6) is 69.0 Å². The fourth-order valence-corrected chi connectivity index (χ4v) is 32.2. The Bertz CT molecular complexity index is 5650. The molecule has 13 aromatic rings. The van der Waals surface area contributed by atoms with Crippen LogP contribution in [0.1, 0.15) is 142 Å². The molecule has 8 N–H and O–H groups in total. The Kier molecular flexibility index (Phi) is 57.0. The standard InChI is InChI=1S/C18H28OS.C16H27OS.C12H16O3S.2C12H12O2S.C12H12OS.C10H12OS.C10H15OS.C10H13S.C8H10ClS/c1-3-5-9-15-13-17(20-11-7-8-12-20)14-16(18(15)19)10-6-4-2;1-3-5-13-18(14-6-4-2)15-12-17-16-10-8-7-9-11-16;1-14-10-7-9(16-5-3-4-6-16)8-11(15-2)12(10)13;1-15(2)12-6-5-11(14)9-4-3-8(13)7-10(9)12;1-15(2)11-7-6-9(13)8-4-3-5-10(14)12(8)11;1-14(2)12-8-7-11(13)9-5-3-4-6-10(9)12;11-9-3-5-10(6-4-9)12-7-1-2-8-12;1-12(2)9-8-11-10-6-4-3-5-7-10;1-2-6-10(7-3-1)11-8-4-5-9-11;1-10(7-9)8-5-3-2-4-6-8/h13-14H,3-12H2,1-2H3;7-11H,3-6,12-15H2,1-2H3;7-8H,3-6H2,1-2H3;2*3-7H,1-2H3,(H-,13,14);3-8H,1-2H3;3-6H,1-2,7-8H2;3-7H,8-9H2,1-2H3;1-3,6-7H,4-5,8-9H2;2-6H,7H2,1H3/q;+1;;;;;;3*+1/p+6. The maximum atomic E-state index is 10.5. The highest BCUT2D eigenvalue weighted by molar-refractivity contribution is 7.99. The van der Waals surface area contributed by atoms with Gasteiger partial charge in [0.25, 0.3) is 0 Å². The van der Waals surface area contributed by atoms with Crippen molar-refractivity contribution in [3.8, 4) is 69.0 Å². The van der Waals surface area contributed by atoms with Gasteiger partial charge in [-0.05, 0) is 262 Å². The molecule has 4 saturated heterocycles. The molecule has 4 heterocycles. The molecule has 772 valence electrons. The van der Waals surface area contributed by atoms with E-state index in [1.807, 2.05) is 133 Å². The average molecular weight is 2150 g/mol. The molecule has 23 heteroatoms. The second-order valence-corrected chi connectivity index (χ2v) is 58.7. The van der Waals surface area contributed by atoms with Gasteiger partial charge < -0.3 is 59.8 Å². The number of hydrogen-bond acceptors (Lipinski definition) is 12. The van der Waals surface area contributed by atoms with E-state index in [1.165, 1.54) is 212 Å². The molecule has 1 atom stereocenters. The number of phenols is 8. The topological polar surface area (TPSA) is 199 Å². The average Bonchev–Trinajstić information content (AvgIpc) is 1.56. The van der Waals surface area contributed by atoms with E-state index >= 15 is 0 Å². The molecule has 0 spiro atoms. The van der Waals surface area contributed by atoms with Gasteiger partial charge in [-0.25, -0.2) is 0 Å². The number of hydrogen-bond donors (Lipinski definition) is 8. The third-order valence-electron chi connectivity index (χ3n) is 24.2. The van der Waals surface area contributed by atoms with Crippen molar-refractivity contribution in [1.82, 2.24) is 0 Å². The van der Waals surface area contributed by atoms with Crippen molar-refractivity contribution >= 4 is 153 Å². The first kappa shape index (κ1) is 120. The second-order valence-electron chi connectivity index (χ2n) is 35.9. The summed E-state index contributed by atoms with van der Waals surface area (Å²) in [6, 6.07) is 86.9. The lowest BCUT2D eigenvalue weighted by molar-refractivity contribution is 0.338. The molecule has 12 nitrogen and oxygen atoms in total. The van der Waals surface area contributed by atoms with Crippen molar-refractivity contribution in [2.75, 3.05) is 158 Å². The number of halogens is 1. The molecule has 4 aliphatic rings. The summed E-state index contributed by atoms with van der Waals surface area (Å²) in [5.41, 5.74) is 2.41. The Balaban J connectivity index is 0.000000195. The van der Waals surface area contributed by atoms with E-state index in [1.54, 1.807) is 79.8 Å². The molecule has 0 saturated carbocycles. The molecule has 13 aromatic carbocycles. The van der Waals surface area contributed by atoms with E-state index in [-0.39, 0.29) is 72.3 Å². The Labute approximate surface area is 892 Å². The minimum Gasteiger partial charge on any atom is -0.508 e. The van der Waals surface area contributed by atoms with Crippen LogP contribution in [0, 0.1) is 0 Å². The number of alkyl halides is 1. The smallest absolute Gasteiger partial charge is 0.201 e. The third-order valence-corrected chi connectivity index (χ3v) is 43.6. The van der Waals surface area contributed by atoms with E-state index in [2.05, 4.69) is 157 Å². The number of aryl methyl sites for hydroxylation is 2. The third kappa shape index (κ3) is 41.6. The van der Waals surface area contributed by atoms with Crippen LogP contribution in [0.25, 0.3) is 32.3 Å². The highest BCUT2D eigenvalue weighted by Gasteiger charge is 2.33. The van der Waals surface area contributed by atoms with Gasteiger partial charge in [0.1, 0.15) is 178 Å². The molecular formula is C120H163ClO12S10+10. The second kappa shape index (κ2) is 67.8. The maximum absolute atomic E-state index is 10.5. The summed E-state index contributed by atoms with van der Waals surface area (Å²) in [6.45, 7) is 10.7. The highest BCUT2D eigenvalue weighted by Crippen LogP contribution is 2.42. The number of ether oxygens (including phenoxy) is 4. The van der Waals surface area contributed by atoms with Crippen molar-refractivity contribution in [3.63, 3.8) is 0 Å². The lowest BCUT2D eigenvalue weighted by Crippen LogP contribution is -2.21. The van der Waals surface area contributed by atoms with Gasteiger partial charge in [-0.1, -0.05) is 168 Å². The number of benzene rings is 13. The number of para-hydroxylation sites is 2. The zero-order chi connectivity index (χ0) is 103. The molecule has 4 fully saturated rings. The van der Waals surface area contributed by atoms with Gasteiger partial charge in [0, 0.05) is 138 Å². The predicted molar refractivity (Wildman–Crippen MR) is 641 cm³/mol. The summed E-state index contributed by atoms with van der Waals surface area (Å²) in [7, 11) is 6.67. The van der Waals surface area contributed by atoms with Gasteiger partial charge in [0.05, 0.1) is 32.1 Å². The van der Waals surface area contributed by atoms with Crippen LogP contribution < -0.4 is 18.9 Å². The number of aromatic hydroxyl groups is 8. The van der Waals surface area contributed by atoms with E-state index in [0.717, 1.165) is 75.0 Å². The van der Waals surface area contributed by atoms with Crippen molar-refractivity contribution in [2.24, 2.45) is 0 Å². The number of fused-ring (bicyclic) bond motifs is 3. The predicted octanol–water partition coefficient (Wildman–Crippen LogP) is 28.1. The van der Waals surface area contributed by atoms with Crippen molar-refractivity contribution in [2.45, 2.75) is 182 Å². The summed E-state index contributed by atoms with van der Waals surface area (Å²) in [5.74, 6) is 21.4. The first-order chi connectivity index (χ1) is 69.2. The van der Waals surface area contributed by atoms with Crippen LogP contribution in [0.4, 0.5) is 0 Å². The summed E-state index contributed by atoms with van der Waals surface area (Å²) in [5, 5.41) is 83.8. The maximum Gasteiger partial charge on any atom is 0.201 e. The number of rotatable bonds is 31.